The number of amides is 2. The Morgan fingerprint density at radius 2 is 1.86 bits per heavy atom. The molecule has 1 aromatic carbocycles. The second-order valence-electron chi connectivity index (χ2n) is 6.19. The minimum Gasteiger partial charge on any atom is -0.327 e. The van der Waals surface area contributed by atoms with E-state index in [-0.39, 0.29) is 23.3 Å². The van der Waals surface area contributed by atoms with Crippen molar-refractivity contribution < 1.29 is 9.59 Å². The summed E-state index contributed by atoms with van der Waals surface area (Å²) in [6.07, 6.45) is 1.49. The zero-order valence-electron chi connectivity index (χ0n) is 12.0. The van der Waals surface area contributed by atoms with Gasteiger partial charge in [-0.25, -0.2) is 4.79 Å². The maximum atomic E-state index is 12.8. The lowest BCUT2D eigenvalue weighted by atomic mass is 9.71. The molecular formula is C16H17BrN2O2. The van der Waals surface area contributed by atoms with Gasteiger partial charge < -0.3 is 10.6 Å². The van der Waals surface area contributed by atoms with Crippen molar-refractivity contribution >= 4 is 27.7 Å². The van der Waals surface area contributed by atoms with E-state index in [1.165, 1.54) is 0 Å². The van der Waals surface area contributed by atoms with Gasteiger partial charge in [-0.1, -0.05) is 41.9 Å². The summed E-state index contributed by atoms with van der Waals surface area (Å²) in [5.41, 5.74) is 2.02. The third kappa shape index (κ3) is 2.50. The van der Waals surface area contributed by atoms with Crippen LogP contribution in [0.5, 0.6) is 0 Å². The molecule has 2 N–H and O–H groups in total. The van der Waals surface area contributed by atoms with Crippen LogP contribution in [-0.2, 0) is 4.79 Å². The lowest BCUT2D eigenvalue weighted by Crippen LogP contribution is -2.49. The van der Waals surface area contributed by atoms with E-state index in [0.29, 0.717) is 5.57 Å². The maximum Gasteiger partial charge on any atom is 0.319 e. The highest BCUT2D eigenvalue weighted by molar-refractivity contribution is 9.10. The summed E-state index contributed by atoms with van der Waals surface area (Å²) in [5.74, 6) is 0.115. The van der Waals surface area contributed by atoms with Gasteiger partial charge in [0.2, 0.25) is 0 Å². The average molecular weight is 349 g/mol. The Balaban J connectivity index is 2.08. The van der Waals surface area contributed by atoms with E-state index in [4.69, 9.17) is 0 Å². The van der Waals surface area contributed by atoms with Gasteiger partial charge in [-0.05, 0) is 30.5 Å². The molecule has 3 rings (SSSR count). The molecule has 0 radical (unpaired) electrons. The maximum absolute atomic E-state index is 12.8. The summed E-state index contributed by atoms with van der Waals surface area (Å²) in [5, 5.41) is 5.67. The number of ketones is 1. The van der Waals surface area contributed by atoms with Crippen molar-refractivity contribution in [3.63, 3.8) is 0 Å². The summed E-state index contributed by atoms with van der Waals surface area (Å²) < 4.78 is 0.969. The molecule has 1 atom stereocenters. The molecule has 1 aliphatic heterocycles. The lowest BCUT2D eigenvalue weighted by molar-refractivity contribution is -0.124. The fraction of sp³-hybridized carbons (Fsp3) is 0.375. The molecule has 0 saturated carbocycles. The highest BCUT2D eigenvalue weighted by atomic mass is 79.9. The SMILES string of the molecule is CC1(C)CCC2=C(C1=O)C(c1ccc(Br)cc1)NC(=O)N2. The number of carbonyl (C=O) groups excluding carboxylic acids is 2. The monoisotopic (exact) mass is 348 g/mol. The Labute approximate surface area is 132 Å². The van der Waals surface area contributed by atoms with Crippen molar-refractivity contribution in [1.29, 1.82) is 0 Å². The van der Waals surface area contributed by atoms with Crippen LogP contribution in [0.1, 0.15) is 38.3 Å². The van der Waals surface area contributed by atoms with E-state index in [1.54, 1.807) is 0 Å². The number of carbonyl (C=O) groups is 2. The van der Waals surface area contributed by atoms with Crippen LogP contribution in [-0.4, -0.2) is 11.8 Å². The summed E-state index contributed by atoms with van der Waals surface area (Å²) in [6, 6.07) is 7.09. The molecule has 21 heavy (non-hydrogen) atoms. The second kappa shape index (κ2) is 4.98. The first-order valence-corrected chi connectivity index (χ1v) is 7.78. The van der Waals surface area contributed by atoms with Crippen LogP contribution >= 0.6 is 15.9 Å². The van der Waals surface area contributed by atoms with Crippen molar-refractivity contribution in [3.8, 4) is 0 Å². The number of nitrogens with one attached hydrogen (secondary N) is 2. The molecule has 2 amide bonds. The lowest BCUT2D eigenvalue weighted by Gasteiger charge is -2.38. The van der Waals surface area contributed by atoms with Crippen LogP contribution in [0.4, 0.5) is 4.79 Å². The standard InChI is InChI=1S/C16H17BrN2O2/c1-16(2)8-7-11-12(14(16)20)13(19-15(21)18-11)9-3-5-10(17)6-4-9/h3-6,13H,7-8H2,1-2H3,(H2,18,19,21). The van der Waals surface area contributed by atoms with E-state index in [2.05, 4.69) is 26.6 Å². The molecule has 1 aromatic rings. The zero-order valence-corrected chi connectivity index (χ0v) is 13.6. The topological polar surface area (TPSA) is 58.2 Å². The number of rotatable bonds is 1. The van der Waals surface area contributed by atoms with Crippen LogP contribution in [0.15, 0.2) is 40.0 Å². The molecule has 0 spiro atoms. The first-order valence-electron chi connectivity index (χ1n) is 6.99. The van der Waals surface area contributed by atoms with Gasteiger partial charge in [-0.3, -0.25) is 4.79 Å². The quantitative estimate of drug-likeness (QED) is 0.816. The smallest absolute Gasteiger partial charge is 0.319 e. The van der Waals surface area contributed by atoms with Crippen LogP contribution in [0.2, 0.25) is 0 Å². The summed E-state index contributed by atoms with van der Waals surface area (Å²) in [7, 11) is 0. The van der Waals surface area contributed by atoms with Gasteiger partial charge in [0.05, 0.1) is 6.04 Å². The van der Waals surface area contributed by atoms with E-state index in [0.717, 1.165) is 28.6 Å². The third-order valence-corrected chi connectivity index (χ3v) is 4.74. The van der Waals surface area contributed by atoms with E-state index >= 15 is 0 Å². The van der Waals surface area contributed by atoms with Crippen molar-refractivity contribution in [3.05, 3.63) is 45.6 Å². The highest BCUT2D eigenvalue weighted by Crippen LogP contribution is 2.41. The van der Waals surface area contributed by atoms with Crippen molar-refractivity contribution in [2.75, 3.05) is 0 Å². The van der Waals surface area contributed by atoms with Gasteiger partial charge in [-0.2, -0.15) is 0 Å². The molecule has 5 heteroatoms. The van der Waals surface area contributed by atoms with Crippen LogP contribution in [0.25, 0.3) is 0 Å². The number of Topliss-reactive ketones (excluding diaryl/α,β-unsaturated/α-hetero) is 1. The molecule has 4 nitrogen and oxygen atoms in total. The fourth-order valence-electron chi connectivity index (χ4n) is 2.90. The molecule has 0 aromatic heterocycles. The van der Waals surface area contributed by atoms with E-state index in [9.17, 15) is 9.59 Å². The number of benzene rings is 1. The first-order chi connectivity index (χ1) is 9.88. The number of hydrogen-bond acceptors (Lipinski definition) is 2. The molecular weight excluding hydrogens is 332 g/mol. The Morgan fingerprint density at radius 3 is 2.52 bits per heavy atom. The molecule has 110 valence electrons. The minimum absolute atomic E-state index is 0.115. The Morgan fingerprint density at radius 1 is 1.19 bits per heavy atom. The van der Waals surface area contributed by atoms with E-state index in [1.807, 2.05) is 38.1 Å². The predicted octanol–water partition coefficient (Wildman–Crippen LogP) is 3.45. The molecule has 1 aliphatic carbocycles. The van der Waals surface area contributed by atoms with E-state index < -0.39 is 0 Å². The van der Waals surface area contributed by atoms with Crippen molar-refractivity contribution in [2.45, 2.75) is 32.7 Å². The number of halogens is 1. The third-order valence-electron chi connectivity index (χ3n) is 4.22. The van der Waals surface area contributed by atoms with Gasteiger partial charge >= 0.3 is 6.03 Å². The largest absolute Gasteiger partial charge is 0.327 e. The fourth-order valence-corrected chi connectivity index (χ4v) is 3.17. The van der Waals surface area contributed by atoms with Gasteiger partial charge in [0.15, 0.2) is 5.78 Å². The highest BCUT2D eigenvalue weighted by Gasteiger charge is 2.42. The summed E-state index contributed by atoms with van der Waals surface area (Å²) in [4.78, 5) is 24.6. The molecule has 1 unspecified atom stereocenters. The molecule has 0 bridgehead atoms. The molecule has 1 heterocycles. The summed E-state index contributed by atoms with van der Waals surface area (Å²) >= 11 is 3.40. The molecule has 0 saturated heterocycles. The Bertz CT molecular complexity index is 647. The van der Waals surface area contributed by atoms with Crippen molar-refractivity contribution in [1.82, 2.24) is 10.6 Å². The number of allylic oxidation sites excluding steroid dienone is 1. The van der Waals surface area contributed by atoms with Gasteiger partial charge in [0.25, 0.3) is 0 Å². The average Bonchev–Trinajstić information content (AvgIpc) is 2.43. The normalized spacial score (nSPS) is 24.2. The first kappa shape index (κ1) is 14.3. The van der Waals surface area contributed by atoms with Crippen LogP contribution in [0.3, 0.4) is 0 Å². The Kier molecular flexibility index (Phi) is 3.40. The van der Waals surface area contributed by atoms with Gasteiger partial charge in [0.1, 0.15) is 0 Å². The number of urea groups is 1. The number of hydrogen-bond donors (Lipinski definition) is 2. The summed E-state index contributed by atoms with van der Waals surface area (Å²) in [6.45, 7) is 3.93. The molecule has 0 fully saturated rings. The van der Waals surface area contributed by atoms with Gasteiger partial charge in [0, 0.05) is 21.2 Å². The van der Waals surface area contributed by atoms with Crippen LogP contribution < -0.4 is 10.6 Å². The predicted molar refractivity (Wildman–Crippen MR) is 83.6 cm³/mol. The Hall–Kier alpha value is -1.62. The second-order valence-corrected chi connectivity index (χ2v) is 7.10. The van der Waals surface area contributed by atoms with Crippen LogP contribution in [0, 0.1) is 5.41 Å². The van der Waals surface area contributed by atoms with Gasteiger partial charge in [-0.15, -0.1) is 0 Å². The minimum atomic E-state index is -0.379. The molecule has 2 aliphatic rings. The zero-order chi connectivity index (χ0) is 15.2. The van der Waals surface area contributed by atoms with Crippen molar-refractivity contribution in [2.24, 2.45) is 5.41 Å².